The van der Waals surface area contributed by atoms with Crippen LogP contribution in [-0.2, 0) is 16.1 Å². The number of ether oxygens (including phenoxy) is 1. The highest BCUT2D eigenvalue weighted by Gasteiger charge is 2.24. The second-order valence-corrected chi connectivity index (χ2v) is 5.89. The summed E-state index contributed by atoms with van der Waals surface area (Å²) in [4.78, 5) is 25.1. The zero-order valence-electron chi connectivity index (χ0n) is 13.0. The van der Waals surface area contributed by atoms with E-state index in [9.17, 15) is 19.8 Å². The van der Waals surface area contributed by atoms with Crippen LogP contribution in [0.3, 0.4) is 0 Å². The van der Waals surface area contributed by atoms with Crippen LogP contribution in [0.2, 0.25) is 0 Å². The largest absolute Gasteiger partial charge is 0.503 e. The maximum absolute atomic E-state index is 11.7. The Hall–Kier alpha value is -1.86. The first-order valence-corrected chi connectivity index (χ1v) is 7.32. The first kappa shape index (κ1) is 16.5. The number of nitrogens with zero attached hydrogens (tertiary/aromatic N) is 2. The molecule has 0 amide bonds. The number of hydrogen-bond donors (Lipinski definition) is 2. The molecule has 3 atom stereocenters. The van der Waals surface area contributed by atoms with Gasteiger partial charge in [0.1, 0.15) is 6.04 Å². The van der Waals surface area contributed by atoms with Crippen LogP contribution in [0.1, 0.15) is 32.5 Å². The minimum Gasteiger partial charge on any atom is -0.503 e. The van der Waals surface area contributed by atoms with Gasteiger partial charge in [-0.25, -0.2) is 4.79 Å². The number of rotatable bonds is 4. The van der Waals surface area contributed by atoms with E-state index in [1.165, 1.54) is 23.8 Å². The van der Waals surface area contributed by atoms with Crippen molar-refractivity contribution < 1.29 is 19.7 Å². The molecule has 2 rings (SSSR count). The van der Waals surface area contributed by atoms with Crippen LogP contribution in [0.5, 0.6) is 5.75 Å². The van der Waals surface area contributed by atoms with Gasteiger partial charge in [-0.05, 0) is 20.8 Å². The summed E-state index contributed by atoms with van der Waals surface area (Å²) in [6, 6.07) is 0.442. The van der Waals surface area contributed by atoms with E-state index in [0.717, 1.165) is 0 Å². The molecule has 1 aromatic heterocycles. The van der Waals surface area contributed by atoms with E-state index in [1.54, 1.807) is 0 Å². The van der Waals surface area contributed by atoms with Crippen LogP contribution in [0.15, 0.2) is 17.1 Å². The molecule has 7 heteroatoms. The van der Waals surface area contributed by atoms with Gasteiger partial charge in [0.05, 0.1) is 18.4 Å². The number of aliphatic carboxylic acids is 1. The predicted octanol–water partition coefficient (Wildman–Crippen LogP) is 0.809. The Kier molecular flexibility index (Phi) is 4.87. The molecular weight excluding hydrogens is 288 g/mol. The lowest BCUT2D eigenvalue weighted by molar-refractivity contribution is -0.140. The summed E-state index contributed by atoms with van der Waals surface area (Å²) < 4.78 is 7.10. The van der Waals surface area contributed by atoms with Gasteiger partial charge < -0.3 is 19.5 Å². The molecule has 1 fully saturated rings. The Bertz CT molecular complexity index is 602. The molecule has 0 aromatic carbocycles. The van der Waals surface area contributed by atoms with Crippen molar-refractivity contribution in [3.8, 4) is 5.75 Å². The van der Waals surface area contributed by atoms with Crippen molar-refractivity contribution in [3.63, 3.8) is 0 Å². The number of hydrogen-bond acceptors (Lipinski definition) is 5. The summed E-state index contributed by atoms with van der Waals surface area (Å²) >= 11 is 0. The summed E-state index contributed by atoms with van der Waals surface area (Å²) in [5.74, 6) is -1.46. The van der Waals surface area contributed by atoms with Crippen LogP contribution in [0, 0.1) is 0 Å². The lowest BCUT2D eigenvalue weighted by atomic mass is 10.2. The highest BCUT2D eigenvalue weighted by atomic mass is 16.5. The number of aromatic hydroxyl groups is 1. The molecule has 22 heavy (non-hydrogen) atoms. The maximum atomic E-state index is 11.7. The zero-order valence-corrected chi connectivity index (χ0v) is 13.0. The van der Waals surface area contributed by atoms with Gasteiger partial charge in [-0.1, -0.05) is 0 Å². The summed E-state index contributed by atoms with van der Waals surface area (Å²) in [6.45, 7) is 7.33. The molecule has 2 heterocycles. The van der Waals surface area contributed by atoms with Gasteiger partial charge in [-0.2, -0.15) is 0 Å². The van der Waals surface area contributed by atoms with E-state index in [-0.39, 0.29) is 12.2 Å². The topological polar surface area (TPSA) is 92.0 Å². The lowest BCUT2D eigenvalue weighted by Gasteiger charge is -2.35. The van der Waals surface area contributed by atoms with Crippen molar-refractivity contribution in [2.75, 3.05) is 13.1 Å². The molecule has 0 bridgehead atoms. The van der Waals surface area contributed by atoms with Crippen LogP contribution >= 0.6 is 0 Å². The van der Waals surface area contributed by atoms with Crippen LogP contribution in [0.4, 0.5) is 0 Å². The minimum absolute atomic E-state index is 0.0814. The number of carboxylic acid groups (broad SMARTS) is 1. The molecule has 0 radical (unpaired) electrons. The third-order valence-electron chi connectivity index (χ3n) is 3.80. The van der Waals surface area contributed by atoms with E-state index in [4.69, 9.17) is 4.74 Å². The average Bonchev–Trinajstić information content (AvgIpc) is 2.40. The SMILES string of the molecule is CC1CN(Cc2cc(=O)c(O)cn2C(C)C(=O)O)CC(C)O1. The molecular formula is C15H22N2O5. The molecule has 122 valence electrons. The van der Waals surface area contributed by atoms with Crippen LogP contribution in [-0.4, -0.2) is 50.9 Å². The van der Waals surface area contributed by atoms with Crippen molar-refractivity contribution in [2.24, 2.45) is 0 Å². The van der Waals surface area contributed by atoms with E-state index < -0.39 is 23.2 Å². The number of aromatic nitrogens is 1. The molecule has 0 aliphatic carbocycles. The minimum atomic E-state index is -1.02. The van der Waals surface area contributed by atoms with Crippen molar-refractivity contribution in [1.29, 1.82) is 0 Å². The van der Waals surface area contributed by atoms with Gasteiger partial charge >= 0.3 is 5.97 Å². The molecule has 3 unspecified atom stereocenters. The van der Waals surface area contributed by atoms with Gasteiger partial charge in [0.15, 0.2) is 5.75 Å². The van der Waals surface area contributed by atoms with Crippen LogP contribution < -0.4 is 5.43 Å². The second-order valence-electron chi connectivity index (χ2n) is 5.89. The fourth-order valence-electron chi connectivity index (χ4n) is 2.83. The number of carboxylic acids is 1. The highest BCUT2D eigenvalue weighted by Crippen LogP contribution is 2.18. The Labute approximate surface area is 128 Å². The molecule has 7 nitrogen and oxygen atoms in total. The molecule has 0 spiro atoms. The van der Waals surface area contributed by atoms with Crippen molar-refractivity contribution in [2.45, 2.75) is 45.6 Å². The molecule has 1 aliphatic heterocycles. The summed E-state index contributed by atoms with van der Waals surface area (Å²) in [5, 5.41) is 18.8. The maximum Gasteiger partial charge on any atom is 0.326 e. The lowest BCUT2D eigenvalue weighted by Crippen LogP contribution is -2.45. The number of carbonyl (C=O) groups is 1. The number of pyridine rings is 1. The smallest absolute Gasteiger partial charge is 0.326 e. The fraction of sp³-hybridized carbons (Fsp3) is 0.600. The van der Waals surface area contributed by atoms with E-state index >= 15 is 0 Å². The van der Waals surface area contributed by atoms with E-state index in [0.29, 0.717) is 25.3 Å². The van der Waals surface area contributed by atoms with E-state index in [2.05, 4.69) is 4.90 Å². The molecule has 1 aromatic rings. The molecule has 1 saturated heterocycles. The van der Waals surface area contributed by atoms with Crippen molar-refractivity contribution in [3.05, 3.63) is 28.2 Å². The fourth-order valence-corrected chi connectivity index (χ4v) is 2.83. The average molecular weight is 310 g/mol. The zero-order chi connectivity index (χ0) is 16.4. The van der Waals surface area contributed by atoms with Gasteiger partial charge in [0.25, 0.3) is 0 Å². The first-order valence-electron chi connectivity index (χ1n) is 7.32. The summed E-state index contributed by atoms with van der Waals surface area (Å²) in [7, 11) is 0. The summed E-state index contributed by atoms with van der Waals surface area (Å²) in [5.41, 5.74) is 0.0668. The second kappa shape index (κ2) is 6.50. The predicted molar refractivity (Wildman–Crippen MR) is 80.0 cm³/mol. The molecule has 2 N–H and O–H groups in total. The highest BCUT2D eigenvalue weighted by molar-refractivity contribution is 5.71. The standard InChI is InChI=1S/C15H22N2O5/c1-9-5-16(6-10(2)22-9)7-12-4-13(18)14(19)8-17(12)11(3)15(20)21/h4,8-11,19H,5-7H2,1-3H3,(H,20,21). The molecule has 1 aliphatic rings. The summed E-state index contributed by atoms with van der Waals surface area (Å²) in [6.07, 6.45) is 1.36. The van der Waals surface area contributed by atoms with Crippen molar-refractivity contribution in [1.82, 2.24) is 9.47 Å². The van der Waals surface area contributed by atoms with Gasteiger partial charge in [0.2, 0.25) is 5.43 Å². The van der Waals surface area contributed by atoms with Gasteiger partial charge in [-0.15, -0.1) is 0 Å². The molecule has 0 saturated carbocycles. The van der Waals surface area contributed by atoms with Crippen LogP contribution in [0.25, 0.3) is 0 Å². The number of morpholine rings is 1. The third kappa shape index (κ3) is 3.66. The van der Waals surface area contributed by atoms with Gasteiger partial charge in [0, 0.05) is 31.4 Å². The normalized spacial score (nSPS) is 24.1. The van der Waals surface area contributed by atoms with Crippen molar-refractivity contribution >= 4 is 5.97 Å². The Morgan fingerprint density at radius 2 is 2.00 bits per heavy atom. The first-order chi connectivity index (χ1) is 10.3. The third-order valence-corrected chi connectivity index (χ3v) is 3.80. The Morgan fingerprint density at radius 3 is 2.55 bits per heavy atom. The monoisotopic (exact) mass is 310 g/mol. The Morgan fingerprint density at radius 1 is 1.41 bits per heavy atom. The van der Waals surface area contributed by atoms with E-state index in [1.807, 2.05) is 13.8 Å². The van der Waals surface area contributed by atoms with Gasteiger partial charge in [-0.3, -0.25) is 9.69 Å². The quantitative estimate of drug-likeness (QED) is 0.855. The Balaban J connectivity index is 2.31.